The van der Waals surface area contributed by atoms with Gasteiger partial charge in [0, 0.05) is 6.42 Å². The molecule has 1 aromatic rings. The van der Waals surface area contributed by atoms with Crippen LogP contribution in [0.2, 0.25) is 0 Å². The zero-order valence-corrected chi connectivity index (χ0v) is 16.9. The van der Waals surface area contributed by atoms with Crippen LogP contribution < -0.4 is 4.57 Å². The third-order valence-electron chi connectivity index (χ3n) is 4.99. The van der Waals surface area contributed by atoms with Gasteiger partial charge in [0.2, 0.25) is 0 Å². The minimum atomic E-state index is 0. The van der Waals surface area contributed by atoms with Gasteiger partial charge in [0.15, 0.2) is 0 Å². The Morgan fingerprint density at radius 2 is 1.12 bits per heavy atom. The van der Waals surface area contributed by atoms with Crippen LogP contribution in [0.4, 0.5) is 0 Å². The summed E-state index contributed by atoms with van der Waals surface area (Å²) < 4.78 is 2.20. The fourth-order valence-corrected chi connectivity index (χ4v) is 3.35. The third kappa shape index (κ3) is 12.6. The van der Waals surface area contributed by atoms with Crippen molar-refractivity contribution in [1.29, 1.82) is 0 Å². The molecule has 0 fully saturated rings. The summed E-state index contributed by atoms with van der Waals surface area (Å²) in [5.74, 6) is 1.36. The van der Waals surface area contributed by atoms with Crippen LogP contribution >= 0.6 is 0 Å². The van der Waals surface area contributed by atoms with Crippen LogP contribution in [-0.4, -0.2) is 4.98 Å². The van der Waals surface area contributed by atoms with Gasteiger partial charge in [-0.1, -0.05) is 96.8 Å². The Morgan fingerprint density at radius 3 is 1.50 bits per heavy atom. The fourth-order valence-electron chi connectivity index (χ4n) is 3.35. The number of aromatic amines is 1. The van der Waals surface area contributed by atoms with Crippen molar-refractivity contribution in [3.63, 3.8) is 0 Å². The number of unbranched alkanes of at least 4 members (excludes halogenated alkanes) is 14. The summed E-state index contributed by atoms with van der Waals surface area (Å²) in [7, 11) is 2.12. The van der Waals surface area contributed by atoms with E-state index in [4.69, 9.17) is 0 Å². The van der Waals surface area contributed by atoms with E-state index in [1.165, 1.54) is 109 Å². The second-order valence-electron chi connectivity index (χ2n) is 7.22. The topological polar surface area (TPSA) is 19.7 Å². The highest BCUT2D eigenvalue weighted by Gasteiger charge is 2.04. The number of H-pyrrole nitrogens is 1. The summed E-state index contributed by atoms with van der Waals surface area (Å²) in [4.78, 5) is 3.32. The normalized spacial score (nSPS) is 10.8. The van der Waals surface area contributed by atoms with Crippen LogP contribution in [0.3, 0.4) is 0 Å². The predicted molar refractivity (Wildman–Crippen MR) is 107 cm³/mol. The predicted octanol–water partition coefficient (Wildman–Crippen LogP) is 6.70. The molecule has 0 spiro atoms. The molecule has 2 heteroatoms. The smallest absolute Gasteiger partial charge is 0.253 e. The average Bonchev–Trinajstić information content (AvgIpc) is 2.96. The summed E-state index contributed by atoms with van der Waals surface area (Å²) in [6, 6.07) is 0. The molecule has 1 rings (SSSR count). The van der Waals surface area contributed by atoms with E-state index in [0.29, 0.717) is 0 Å². The van der Waals surface area contributed by atoms with E-state index < -0.39 is 0 Å². The van der Waals surface area contributed by atoms with Crippen LogP contribution in [0.5, 0.6) is 0 Å². The first-order valence-electron chi connectivity index (χ1n) is 10.4. The van der Waals surface area contributed by atoms with Gasteiger partial charge in [-0.3, -0.25) is 0 Å². The lowest BCUT2D eigenvalue weighted by Gasteiger charge is -2.03. The Hall–Kier alpha value is -0.790. The Labute approximate surface area is 152 Å². The van der Waals surface area contributed by atoms with Crippen LogP contribution in [0.25, 0.3) is 0 Å². The molecule has 24 heavy (non-hydrogen) atoms. The van der Waals surface area contributed by atoms with E-state index >= 15 is 0 Å². The van der Waals surface area contributed by atoms with E-state index in [9.17, 15) is 0 Å². The molecule has 0 bridgehead atoms. The minimum Gasteiger partial charge on any atom is -0.358 e. The van der Waals surface area contributed by atoms with Crippen molar-refractivity contribution in [3.05, 3.63) is 25.6 Å². The summed E-state index contributed by atoms with van der Waals surface area (Å²) in [5, 5.41) is 0. The second-order valence-corrected chi connectivity index (χ2v) is 7.22. The van der Waals surface area contributed by atoms with E-state index in [2.05, 4.69) is 29.7 Å². The van der Waals surface area contributed by atoms with Gasteiger partial charge in [-0.05, 0) is 6.42 Å². The second kappa shape index (κ2) is 17.0. The highest BCUT2D eigenvalue weighted by atomic mass is 15.0. The summed E-state index contributed by atoms with van der Waals surface area (Å²) >= 11 is 0. The number of aryl methyl sites for hydroxylation is 2. The van der Waals surface area contributed by atoms with E-state index in [1.807, 2.05) is 6.20 Å². The monoisotopic (exact) mass is 336 g/mol. The quantitative estimate of drug-likeness (QED) is 0.197. The molecule has 0 saturated heterocycles. The number of nitrogens with one attached hydrogen (secondary N) is 1. The molecule has 1 N–H and O–H groups in total. The molecule has 0 aliphatic heterocycles. The van der Waals surface area contributed by atoms with Crippen LogP contribution in [0.15, 0.2) is 12.4 Å². The summed E-state index contributed by atoms with van der Waals surface area (Å²) in [5.41, 5.74) is 0. The molecule has 0 atom stereocenters. The molecule has 0 aromatic carbocycles. The zero-order chi connectivity index (χ0) is 16.6. The fraction of sp³-hybridized carbons (Fsp3) is 0.818. The molecule has 142 valence electrons. The number of hydrogen-bond acceptors (Lipinski definition) is 0. The first-order chi connectivity index (χ1) is 11.3. The standard InChI is InChI=1S/C21H40N2.CH3/c1-3-4-5-6-7-8-9-10-11-12-13-14-15-16-17-18-21-22-19-20-23(21)2;/h19-20H,3-18H2,1-2H3;1H3/q;-1/p+1. The van der Waals surface area contributed by atoms with Crippen molar-refractivity contribution < 1.29 is 4.57 Å². The molecule has 0 unspecified atom stereocenters. The molecular weight excluding hydrogens is 292 g/mol. The van der Waals surface area contributed by atoms with Gasteiger partial charge in [-0.25, -0.2) is 9.55 Å². The van der Waals surface area contributed by atoms with Crippen LogP contribution in [0, 0.1) is 7.43 Å². The van der Waals surface area contributed by atoms with Crippen molar-refractivity contribution in [2.45, 2.75) is 110 Å². The minimum absolute atomic E-state index is 0. The molecule has 1 heterocycles. The Kier molecular flexibility index (Phi) is 16.5. The number of hydrogen-bond donors (Lipinski definition) is 1. The molecule has 0 radical (unpaired) electrons. The maximum atomic E-state index is 3.32. The molecule has 1 aromatic heterocycles. The summed E-state index contributed by atoms with van der Waals surface area (Å²) in [6.45, 7) is 2.29. The maximum absolute atomic E-state index is 3.32. The van der Waals surface area contributed by atoms with Gasteiger partial charge in [0.25, 0.3) is 5.82 Å². The lowest BCUT2D eigenvalue weighted by molar-refractivity contribution is -0.677. The van der Waals surface area contributed by atoms with Crippen molar-refractivity contribution in [1.82, 2.24) is 4.98 Å². The average molecular weight is 337 g/mol. The van der Waals surface area contributed by atoms with Crippen LogP contribution in [0.1, 0.15) is 109 Å². The van der Waals surface area contributed by atoms with E-state index in [-0.39, 0.29) is 7.43 Å². The number of aromatic nitrogens is 2. The molecular formula is C22H44N2. The summed E-state index contributed by atoms with van der Waals surface area (Å²) in [6.07, 6.45) is 26.9. The highest BCUT2D eigenvalue weighted by Crippen LogP contribution is 2.13. The lowest BCUT2D eigenvalue weighted by atomic mass is 10.0. The highest BCUT2D eigenvalue weighted by molar-refractivity contribution is 4.76. The number of imidazole rings is 1. The molecule has 0 aliphatic rings. The van der Waals surface area contributed by atoms with E-state index in [1.54, 1.807) is 0 Å². The zero-order valence-electron chi connectivity index (χ0n) is 16.9. The Morgan fingerprint density at radius 1 is 0.708 bits per heavy atom. The van der Waals surface area contributed by atoms with Gasteiger partial charge < -0.3 is 7.43 Å². The lowest BCUT2D eigenvalue weighted by Crippen LogP contribution is -2.30. The Bertz CT molecular complexity index is 357. The number of rotatable bonds is 16. The van der Waals surface area contributed by atoms with Crippen molar-refractivity contribution in [2.75, 3.05) is 0 Å². The molecule has 0 saturated carbocycles. The third-order valence-corrected chi connectivity index (χ3v) is 4.99. The van der Waals surface area contributed by atoms with E-state index in [0.717, 1.165) is 0 Å². The van der Waals surface area contributed by atoms with Gasteiger partial charge in [0.05, 0.1) is 7.05 Å². The van der Waals surface area contributed by atoms with Gasteiger partial charge in [-0.15, -0.1) is 0 Å². The first kappa shape index (κ1) is 23.2. The van der Waals surface area contributed by atoms with Crippen molar-refractivity contribution in [3.8, 4) is 0 Å². The van der Waals surface area contributed by atoms with Crippen molar-refractivity contribution in [2.24, 2.45) is 7.05 Å². The molecule has 2 nitrogen and oxygen atoms in total. The molecule has 0 amide bonds. The maximum Gasteiger partial charge on any atom is 0.253 e. The van der Waals surface area contributed by atoms with Crippen molar-refractivity contribution >= 4 is 0 Å². The largest absolute Gasteiger partial charge is 0.358 e. The first-order valence-corrected chi connectivity index (χ1v) is 10.4. The SMILES string of the molecule is CCCCCCCCCCCCCCCCCc1[nH]cc[n+]1C.[CH3-]. The molecule has 0 aliphatic carbocycles. The van der Waals surface area contributed by atoms with Gasteiger partial charge in [0.1, 0.15) is 12.4 Å². The number of nitrogens with zero attached hydrogens (tertiary/aromatic N) is 1. The van der Waals surface area contributed by atoms with Gasteiger partial charge in [-0.2, -0.15) is 0 Å². The van der Waals surface area contributed by atoms with Crippen LogP contribution in [-0.2, 0) is 13.5 Å². The Balaban J connectivity index is 0.00000529. The van der Waals surface area contributed by atoms with Gasteiger partial charge >= 0.3 is 0 Å².